The van der Waals surface area contributed by atoms with Crippen LogP contribution in [0, 0.1) is 0 Å². The van der Waals surface area contributed by atoms with E-state index in [1.807, 2.05) is 80.1 Å². The Balaban J connectivity index is 0.987. The number of hydrogen-bond acceptors (Lipinski definition) is 29. The Kier molecular flexibility index (Phi) is 37.1. The molecule has 6 aromatic rings. The molecule has 2 aromatic heterocycles. The van der Waals surface area contributed by atoms with Crippen molar-refractivity contribution in [1.82, 2.24) is 29.9 Å². The Morgan fingerprint density at radius 3 is 0.635 bits per heavy atom. The average molecular weight is 1760 g/mol. The van der Waals surface area contributed by atoms with Gasteiger partial charge in [-0.2, -0.15) is 29.9 Å². The van der Waals surface area contributed by atoms with Crippen LogP contribution in [0.25, 0.3) is 0 Å². The van der Waals surface area contributed by atoms with Gasteiger partial charge in [0.15, 0.2) is 16.6 Å². The molecular formula is C76H130N12O17Si10. The van der Waals surface area contributed by atoms with Crippen LogP contribution in [0.1, 0.15) is 133 Å². The van der Waals surface area contributed by atoms with Crippen LogP contribution in [0.15, 0.2) is 97.1 Å². The normalized spacial score (nSPS) is 12.7. The zero-order valence-corrected chi connectivity index (χ0v) is 82.6. The number of esters is 4. The first-order valence-corrected chi connectivity index (χ1v) is 68.9. The average Bonchev–Trinajstić information content (AvgIpc) is 0.801. The van der Waals surface area contributed by atoms with Crippen molar-refractivity contribution in [3.05, 3.63) is 119 Å². The molecule has 0 aliphatic carbocycles. The fourth-order valence-electron chi connectivity index (χ4n) is 13.2. The maximum absolute atomic E-state index is 12.6. The lowest BCUT2D eigenvalue weighted by molar-refractivity contribution is 0.0490. The van der Waals surface area contributed by atoms with Gasteiger partial charge in [0.05, 0.1) is 48.7 Å². The highest BCUT2D eigenvalue weighted by Crippen LogP contribution is 2.33. The minimum Gasteiger partial charge on any atom is -0.462 e. The van der Waals surface area contributed by atoms with Gasteiger partial charge in [-0.1, -0.05) is 53.4 Å². The van der Waals surface area contributed by atoms with Gasteiger partial charge in [-0.05, 0) is 279 Å². The van der Waals surface area contributed by atoms with Crippen molar-refractivity contribution in [2.75, 3.05) is 71.4 Å². The van der Waals surface area contributed by atoms with Crippen LogP contribution in [-0.4, -0.2) is 178 Å². The number of unbranched alkanes of at least 4 members (excludes halogenated alkanes) is 4. The predicted molar refractivity (Wildman–Crippen MR) is 480 cm³/mol. The molecule has 0 fully saturated rings. The second-order valence-electron chi connectivity index (χ2n) is 33.1. The maximum atomic E-state index is 12.6. The van der Waals surface area contributed by atoms with E-state index in [4.69, 9.17) is 75.9 Å². The standard InChI is InChI=1S/C76H130N12O17Si10/c1-25-29-53-93-67(89)59-35-43-63(44-36-59)79-73-83-71(84-74(87-73)80-64-45-37-60(38-46-64)68(90)94-54-30-26-2)77-51-33-57-106(5,6)97-108(9,10)99-110(13,14)101-112(17,18)103-114(21,22)105-115(23,24)104-113(19,20)102-111(15,16)100-109(11,12)98-107(7,8)58-34-52-78-72-85-75(81-65-47-39-61(40-48-65)69(91)95-55-31-27-3)88-76(86-72)82-66-49-41-62(42-50-66)70(92)96-56-32-28-4/h35-50H,25-34,51-58H2,1-24H3,(H3,77,79,80,83,84,87)(H3,78,81,82,85,86,88). The van der Waals surface area contributed by atoms with Crippen molar-refractivity contribution < 1.29 is 75.2 Å². The van der Waals surface area contributed by atoms with Gasteiger partial charge in [0.2, 0.25) is 35.7 Å². The number of anilines is 10. The van der Waals surface area contributed by atoms with Crippen molar-refractivity contribution in [2.24, 2.45) is 0 Å². The Morgan fingerprint density at radius 2 is 0.443 bits per heavy atom. The largest absolute Gasteiger partial charge is 0.462 e. The monoisotopic (exact) mass is 1760 g/mol. The molecule has 0 saturated heterocycles. The molecule has 115 heavy (non-hydrogen) atoms. The smallest absolute Gasteiger partial charge is 0.338 e. The molecule has 4 aromatic carbocycles. The van der Waals surface area contributed by atoms with Crippen LogP contribution < -0.4 is 31.9 Å². The number of ether oxygens (including phenoxy) is 4. The minimum absolute atomic E-state index is 0.266. The van der Waals surface area contributed by atoms with E-state index in [0.29, 0.717) is 96.4 Å². The summed E-state index contributed by atoms with van der Waals surface area (Å²) in [5, 5.41) is 19.8. The zero-order valence-electron chi connectivity index (χ0n) is 72.6. The highest BCUT2D eigenvalue weighted by molar-refractivity contribution is 6.93. The molecule has 0 aliphatic rings. The van der Waals surface area contributed by atoms with E-state index in [1.165, 1.54) is 0 Å². The van der Waals surface area contributed by atoms with E-state index in [2.05, 4.69) is 120 Å². The van der Waals surface area contributed by atoms with Crippen molar-refractivity contribution >= 4 is 167 Å². The van der Waals surface area contributed by atoms with E-state index >= 15 is 0 Å². The molecular weight excluding hydrogens is 1630 g/mol. The molecule has 29 nitrogen and oxygen atoms in total. The SMILES string of the molecule is CCCCOC(=O)c1ccc(Nc2nc(NCCC[Si](C)(C)O[Si](C)(C)O[Si](C)(C)O[Si](C)(C)O[Si](C)(C)O[Si](C)(C)O[Si](C)(C)O[Si](C)(C)O[Si](C)(C)O[Si](C)(C)CCCNc3nc(Nc4ccc(C(=O)OCCCC)cc4)nc(Nc4ccc(C(=O)OCCCC)cc4)n3)nc(Nc3ccc(C(=O)OCCCC)cc3)n2)cc1. The van der Waals surface area contributed by atoms with Gasteiger partial charge in [-0.3, -0.25) is 0 Å². The highest BCUT2D eigenvalue weighted by Gasteiger charge is 2.51. The summed E-state index contributed by atoms with van der Waals surface area (Å²) in [6.45, 7) is 52.5. The topological polar surface area (TPSA) is 338 Å². The third-order valence-corrected chi connectivity index (χ3v) is 55.7. The first kappa shape index (κ1) is 97.2. The summed E-state index contributed by atoms with van der Waals surface area (Å²) in [6, 6.07) is 29.4. The third-order valence-electron chi connectivity index (χ3n) is 16.7. The van der Waals surface area contributed by atoms with Crippen LogP contribution >= 0.6 is 0 Å². The Morgan fingerprint density at radius 1 is 0.261 bits per heavy atom. The number of rotatable bonds is 52. The van der Waals surface area contributed by atoms with Gasteiger partial charge in [-0.25, -0.2) is 19.2 Å². The van der Waals surface area contributed by atoms with Crippen LogP contribution in [0.5, 0.6) is 0 Å². The van der Waals surface area contributed by atoms with Crippen LogP contribution in [0.4, 0.5) is 58.4 Å². The Bertz CT molecular complexity index is 3640. The fourth-order valence-corrected chi connectivity index (χ4v) is 64.2. The number of aromatic nitrogens is 6. The molecule has 0 atom stereocenters. The van der Waals surface area contributed by atoms with Crippen molar-refractivity contribution in [3.8, 4) is 0 Å². The molecule has 39 heteroatoms. The number of carbonyl (C=O) groups is 4. The predicted octanol–water partition coefficient (Wildman–Crippen LogP) is 19.3. The number of carbonyl (C=O) groups excluding carboxylic acids is 4. The summed E-state index contributed by atoms with van der Waals surface area (Å²) >= 11 is 0. The summed E-state index contributed by atoms with van der Waals surface area (Å²) in [4.78, 5) is 78.8. The van der Waals surface area contributed by atoms with Crippen LogP contribution in [0.3, 0.4) is 0 Å². The van der Waals surface area contributed by atoms with Gasteiger partial charge < -0.3 is 87.9 Å². The van der Waals surface area contributed by atoms with Crippen molar-refractivity contribution in [1.29, 1.82) is 0 Å². The second kappa shape index (κ2) is 43.9. The van der Waals surface area contributed by atoms with Crippen molar-refractivity contribution in [2.45, 2.75) is 235 Å². The highest BCUT2D eigenvalue weighted by atomic mass is 28.5. The van der Waals surface area contributed by atoms with Crippen LogP contribution in [0.2, 0.25) is 143 Å². The molecule has 0 radical (unpaired) electrons. The van der Waals surface area contributed by atoms with Gasteiger partial charge >= 0.3 is 92.4 Å². The summed E-state index contributed by atoms with van der Waals surface area (Å²) in [6.07, 6.45) is 8.39. The van der Waals surface area contributed by atoms with Gasteiger partial charge in [-0.15, -0.1) is 0 Å². The fraction of sp³-hybridized carbons (Fsp3) is 0.553. The van der Waals surface area contributed by atoms with Gasteiger partial charge in [0.25, 0.3) is 0 Å². The zero-order chi connectivity index (χ0) is 85.1. The Labute approximate surface area is 693 Å². The molecule has 0 amide bonds. The van der Waals surface area contributed by atoms with E-state index in [9.17, 15) is 19.2 Å². The lowest BCUT2D eigenvalue weighted by Gasteiger charge is -2.44. The van der Waals surface area contributed by atoms with Crippen molar-refractivity contribution in [3.63, 3.8) is 0 Å². The van der Waals surface area contributed by atoms with Gasteiger partial charge in [0, 0.05) is 35.8 Å². The molecule has 0 spiro atoms. The van der Waals surface area contributed by atoms with E-state index < -0.39 is 85.1 Å². The third kappa shape index (κ3) is 37.1. The van der Waals surface area contributed by atoms with E-state index in [1.54, 1.807) is 97.1 Å². The first-order valence-electron chi connectivity index (χ1n) is 40.2. The minimum atomic E-state index is -2.92. The summed E-state index contributed by atoms with van der Waals surface area (Å²) < 4.78 is 84.6. The molecule has 0 unspecified atom stereocenters. The number of benzene rings is 4. The second-order valence-corrected chi connectivity index (χ2v) is 70.9. The number of nitrogens with one attached hydrogen (secondary N) is 6. The lowest BCUT2D eigenvalue weighted by atomic mass is 10.2. The Hall–Kier alpha value is -6.61. The van der Waals surface area contributed by atoms with E-state index in [-0.39, 0.29) is 47.7 Å². The molecule has 6 N–H and O–H groups in total. The van der Waals surface area contributed by atoms with Gasteiger partial charge in [0.1, 0.15) is 0 Å². The van der Waals surface area contributed by atoms with Crippen LogP contribution in [-0.2, 0) is 56.0 Å². The summed E-state index contributed by atoms with van der Waals surface area (Å²) in [5.74, 6) is 0.214. The molecule has 636 valence electrons. The summed E-state index contributed by atoms with van der Waals surface area (Å²) in [5.41, 5.74) is 4.38. The first-order chi connectivity index (χ1) is 53.7. The maximum Gasteiger partial charge on any atom is 0.338 e. The number of hydrogen-bond donors (Lipinski definition) is 6. The van der Waals surface area contributed by atoms with E-state index in [0.717, 1.165) is 76.3 Å². The molecule has 0 saturated carbocycles. The quantitative estimate of drug-likeness (QED) is 0.00894. The number of nitrogens with zero attached hydrogens (tertiary/aromatic N) is 6. The molecule has 0 bridgehead atoms. The molecule has 2 heterocycles. The molecule has 0 aliphatic heterocycles. The summed E-state index contributed by atoms with van der Waals surface area (Å²) in [7, 11) is -27.6. The molecule has 6 rings (SSSR count). The lowest BCUT2D eigenvalue weighted by Crippen LogP contribution is -2.62.